The van der Waals surface area contributed by atoms with Crippen molar-refractivity contribution in [3.05, 3.63) is 59.2 Å². The molecule has 1 saturated heterocycles. The smallest absolute Gasteiger partial charge is 0.358 e. The number of aromatic nitrogens is 3. The molecule has 2 aliphatic rings. The number of thioether (sulfide) groups is 1. The second kappa shape index (κ2) is 11.3. The third-order valence-corrected chi connectivity index (χ3v) is 7.38. The van der Waals surface area contributed by atoms with E-state index in [1.165, 1.54) is 35.6 Å². The molecule has 0 N–H and O–H groups in total. The van der Waals surface area contributed by atoms with E-state index in [1.54, 1.807) is 25.1 Å². The first-order valence-electron chi connectivity index (χ1n) is 11.8. The molecular weight excluding hydrogens is 471 g/mol. The molecule has 0 spiro atoms. The minimum Gasteiger partial charge on any atom is -0.461 e. The molecule has 1 aliphatic carbocycles. The molecule has 1 aromatic carbocycles. The van der Waals surface area contributed by atoms with Crippen LogP contribution in [0, 0.1) is 11.7 Å². The maximum Gasteiger partial charge on any atom is 0.358 e. The van der Waals surface area contributed by atoms with E-state index in [0.717, 1.165) is 18.4 Å². The van der Waals surface area contributed by atoms with Gasteiger partial charge in [0.05, 0.1) is 25.4 Å². The number of allylic oxidation sites excluding steroid dienone is 1. The third kappa shape index (κ3) is 6.05. The van der Waals surface area contributed by atoms with Crippen LogP contribution in [0.3, 0.4) is 0 Å². The Labute approximate surface area is 207 Å². The number of carbonyl (C=O) groups is 3. The minimum atomic E-state index is -0.670. The fourth-order valence-electron chi connectivity index (χ4n) is 4.41. The largest absolute Gasteiger partial charge is 0.461 e. The number of esters is 1. The van der Waals surface area contributed by atoms with Crippen LogP contribution in [-0.2, 0) is 20.9 Å². The molecule has 8 nitrogen and oxygen atoms in total. The van der Waals surface area contributed by atoms with E-state index >= 15 is 0 Å². The molecule has 4 rings (SSSR count). The molecule has 2 fully saturated rings. The Bertz CT molecular complexity index is 1130. The quantitative estimate of drug-likeness (QED) is 0.381. The van der Waals surface area contributed by atoms with Gasteiger partial charge in [0.1, 0.15) is 5.82 Å². The van der Waals surface area contributed by atoms with Gasteiger partial charge in [-0.15, -0.1) is 5.10 Å². The van der Waals surface area contributed by atoms with E-state index in [9.17, 15) is 18.8 Å². The van der Waals surface area contributed by atoms with Crippen LogP contribution in [0.2, 0.25) is 0 Å². The van der Waals surface area contributed by atoms with E-state index in [-0.39, 0.29) is 46.7 Å². The third-order valence-electron chi connectivity index (χ3n) is 6.23. The summed E-state index contributed by atoms with van der Waals surface area (Å²) in [5.74, 6) is -0.879. The summed E-state index contributed by atoms with van der Waals surface area (Å²) in [5.41, 5.74) is 1.56. The van der Waals surface area contributed by atoms with Crippen molar-refractivity contribution in [1.82, 2.24) is 19.9 Å². The summed E-state index contributed by atoms with van der Waals surface area (Å²) in [7, 11) is 0. The lowest BCUT2D eigenvalue weighted by Gasteiger charge is -2.38. The molecule has 35 heavy (non-hydrogen) atoms. The number of benzene rings is 1. The fraction of sp³-hybridized carbons (Fsp3) is 0.480. The lowest BCUT2D eigenvalue weighted by atomic mass is 9.93. The maximum absolute atomic E-state index is 14.8. The number of hydrogen-bond donors (Lipinski definition) is 0. The zero-order valence-corrected chi connectivity index (χ0v) is 20.7. The molecule has 1 aliphatic heterocycles. The van der Waals surface area contributed by atoms with Crippen LogP contribution in [0.25, 0.3) is 0 Å². The summed E-state index contributed by atoms with van der Waals surface area (Å²) in [6.45, 7) is 4.73. The van der Waals surface area contributed by atoms with Crippen molar-refractivity contribution < 1.29 is 23.5 Å². The van der Waals surface area contributed by atoms with Gasteiger partial charge in [-0.2, -0.15) is 0 Å². The van der Waals surface area contributed by atoms with E-state index in [0.29, 0.717) is 25.1 Å². The number of hydrogen-bond acceptors (Lipinski definition) is 8. The number of likely N-dealkylation sites (tertiary alicyclic amines) is 1. The molecule has 0 bridgehead atoms. The van der Waals surface area contributed by atoms with Gasteiger partial charge in [-0.25, -0.2) is 13.9 Å². The Hall–Kier alpha value is -2.85. The molecular formula is C25H29FN4O4S. The Morgan fingerprint density at radius 1 is 1.26 bits per heavy atom. The van der Waals surface area contributed by atoms with Gasteiger partial charge < -0.3 is 4.74 Å². The molecule has 2 heterocycles. The number of rotatable bonds is 9. The molecule has 1 aromatic heterocycles. The first kappa shape index (κ1) is 25.2. The van der Waals surface area contributed by atoms with Crippen LogP contribution in [0.4, 0.5) is 4.39 Å². The maximum atomic E-state index is 14.8. The molecule has 2 atom stereocenters. The van der Waals surface area contributed by atoms with E-state index in [1.807, 2.05) is 11.0 Å². The van der Waals surface area contributed by atoms with Gasteiger partial charge in [0.15, 0.2) is 16.6 Å². The van der Waals surface area contributed by atoms with Crippen molar-refractivity contribution in [3.63, 3.8) is 0 Å². The van der Waals surface area contributed by atoms with Crippen LogP contribution < -0.4 is 0 Å². The van der Waals surface area contributed by atoms with Gasteiger partial charge in [-0.3, -0.25) is 14.5 Å². The van der Waals surface area contributed by atoms with Crippen molar-refractivity contribution in [2.24, 2.45) is 5.92 Å². The summed E-state index contributed by atoms with van der Waals surface area (Å²) in [4.78, 5) is 39.4. The van der Waals surface area contributed by atoms with Gasteiger partial charge in [0.25, 0.3) is 0 Å². The standard InChI is InChI=1S/C25H29FN4O4S/c1-3-34-25(33)21-14-27-28-30(21)13-10-18-15-29(12-11-22(18)35-16(2)31)23(24(32)17-8-9-17)19-6-4-5-7-20(19)26/h4-7,10,14,17,22-23H,3,8-9,11-13,15H2,1-2H3. The van der Waals surface area contributed by atoms with Crippen LogP contribution in [0.1, 0.15) is 55.2 Å². The lowest BCUT2D eigenvalue weighted by molar-refractivity contribution is -0.126. The van der Waals surface area contributed by atoms with E-state index in [2.05, 4.69) is 10.3 Å². The van der Waals surface area contributed by atoms with Gasteiger partial charge >= 0.3 is 5.97 Å². The average Bonchev–Trinajstić information content (AvgIpc) is 3.57. The Morgan fingerprint density at radius 3 is 2.71 bits per heavy atom. The molecule has 2 unspecified atom stereocenters. The van der Waals surface area contributed by atoms with Gasteiger partial charge in [-0.1, -0.05) is 41.3 Å². The number of Topliss-reactive ketones (excluding diaryl/α,β-unsaturated/α-hetero) is 1. The van der Waals surface area contributed by atoms with Gasteiger partial charge in [0, 0.05) is 36.7 Å². The van der Waals surface area contributed by atoms with E-state index < -0.39 is 12.0 Å². The van der Waals surface area contributed by atoms with Crippen molar-refractivity contribution in [3.8, 4) is 0 Å². The van der Waals surface area contributed by atoms with Crippen molar-refractivity contribution in [2.45, 2.75) is 50.9 Å². The number of piperidine rings is 1. The van der Waals surface area contributed by atoms with Gasteiger partial charge in [-0.05, 0) is 37.8 Å². The van der Waals surface area contributed by atoms with Crippen molar-refractivity contribution >= 4 is 28.6 Å². The number of ketones is 1. The number of ether oxygens (including phenoxy) is 1. The Kier molecular flexibility index (Phi) is 8.12. The molecule has 0 radical (unpaired) electrons. The number of carbonyl (C=O) groups excluding carboxylic acids is 3. The van der Waals surface area contributed by atoms with Crippen LogP contribution in [0.5, 0.6) is 0 Å². The highest BCUT2D eigenvalue weighted by atomic mass is 32.2. The topological polar surface area (TPSA) is 94.4 Å². The highest BCUT2D eigenvalue weighted by Crippen LogP contribution is 2.40. The van der Waals surface area contributed by atoms with E-state index in [4.69, 9.17) is 4.74 Å². The van der Waals surface area contributed by atoms with Crippen LogP contribution >= 0.6 is 11.8 Å². The van der Waals surface area contributed by atoms with Crippen molar-refractivity contribution in [1.29, 1.82) is 0 Å². The highest BCUT2D eigenvalue weighted by Gasteiger charge is 2.41. The monoisotopic (exact) mass is 500 g/mol. The summed E-state index contributed by atoms with van der Waals surface area (Å²) >= 11 is 1.25. The molecule has 1 saturated carbocycles. The van der Waals surface area contributed by atoms with Crippen LogP contribution in [0.15, 0.2) is 42.1 Å². The molecule has 186 valence electrons. The zero-order chi connectivity index (χ0) is 24.9. The summed E-state index contributed by atoms with van der Waals surface area (Å²) < 4.78 is 21.3. The fourth-order valence-corrected chi connectivity index (χ4v) is 5.36. The second-order valence-corrected chi connectivity index (χ2v) is 10.1. The van der Waals surface area contributed by atoms with Crippen LogP contribution in [-0.4, -0.2) is 61.7 Å². The first-order valence-corrected chi connectivity index (χ1v) is 12.7. The summed E-state index contributed by atoms with van der Waals surface area (Å²) in [6.07, 6.45) is 5.59. The normalized spacial score (nSPS) is 20.5. The average molecular weight is 501 g/mol. The number of nitrogens with zero attached hydrogens (tertiary/aromatic N) is 4. The molecule has 10 heteroatoms. The number of halogens is 1. The van der Waals surface area contributed by atoms with Crippen molar-refractivity contribution in [2.75, 3.05) is 19.7 Å². The predicted octanol–water partition coefficient (Wildman–Crippen LogP) is 3.59. The molecule has 0 amide bonds. The predicted molar refractivity (Wildman–Crippen MR) is 129 cm³/mol. The minimum absolute atomic E-state index is 0.00188. The summed E-state index contributed by atoms with van der Waals surface area (Å²) in [5, 5.41) is 7.75. The van der Waals surface area contributed by atoms with Gasteiger partial charge in [0.2, 0.25) is 0 Å². The first-order chi connectivity index (χ1) is 16.9. The lowest BCUT2D eigenvalue weighted by Crippen LogP contribution is -2.43. The zero-order valence-electron chi connectivity index (χ0n) is 19.9. The summed E-state index contributed by atoms with van der Waals surface area (Å²) in [6, 6.07) is 5.78. The highest BCUT2D eigenvalue weighted by molar-refractivity contribution is 8.14. The SMILES string of the molecule is CCOC(=O)c1cnnn1CC=C1CN(C(C(=O)C2CC2)c2ccccc2F)CCC1SC(C)=O. The second-order valence-electron chi connectivity index (χ2n) is 8.76. The Balaban J connectivity index is 1.61. The Morgan fingerprint density at radius 2 is 2.03 bits per heavy atom. The molecule has 2 aromatic rings.